The summed E-state index contributed by atoms with van der Waals surface area (Å²) in [4.78, 5) is 17.3. The first kappa shape index (κ1) is 20.3. The Labute approximate surface area is 163 Å². The Hall–Kier alpha value is -2.40. The molecule has 0 unspecified atom stereocenters. The van der Waals surface area contributed by atoms with Crippen molar-refractivity contribution in [1.29, 1.82) is 0 Å². The van der Waals surface area contributed by atoms with Crippen LogP contribution >= 0.6 is 0 Å². The summed E-state index contributed by atoms with van der Waals surface area (Å²) in [6, 6.07) is 4.80. The molecule has 0 atom stereocenters. The summed E-state index contributed by atoms with van der Waals surface area (Å²) < 4.78 is 40.6. The monoisotopic (exact) mass is 394 g/mol. The topological polar surface area (TPSA) is 52.4 Å². The number of benzene rings is 1. The van der Waals surface area contributed by atoms with Gasteiger partial charge >= 0.3 is 12.6 Å². The van der Waals surface area contributed by atoms with Crippen molar-refractivity contribution in [3.05, 3.63) is 35.2 Å². The van der Waals surface area contributed by atoms with Gasteiger partial charge in [-0.2, -0.15) is 8.78 Å². The van der Waals surface area contributed by atoms with Crippen LogP contribution in [0.2, 0.25) is 0 Å². The van der Waals surface area contributed by atoms with E-state index in [2.05, 4.69) is 9.58 Å². The van der Waals surface area contributed by atoms with E-state index in [0.29, 0.717) is 25.9 Å². The third-order valence-corrected chi connectivity index (χ3v) is 5.52. The van der Waals surface area contributed by atoms with Crippen molar-refractivity contribution in [2.75, 3.05) is 26.7 Å². The molecule has 0 spiro atoms. The maximum Gasteiger partial charge on any atom is 0.387 e. The van der Waals surface area contributed by atoms with Gasteiger partial charge < -0.3 is 19.1 Å². The van der Waals surface area contributed by atoms with Crippen LogP contribution in [0.5, 0.6) is 11.5 Å². The van der Waals surface area contributed by atoms with Crippen molar-refractivity contribution >= 4 is 5.97 Å². The van der Waals surface area contributed by atoms with Gasteiger partial charge in [-0.3, -0.25) is 9.69 Å². The van der Waals surface area contributed by atoms with Crippen LogP contribution in [-0.2, 0) is 15.1 Å². The van der Waals surface area contributed by atoms with Crippen molar-refractivity contribution < 1.29 is 27.8 Å². The maximum atomic E-state index is 12.7. The van der Waals surface area contributed by atoms with Crippen LogP contribution in [0.4, 0.5) is 8.78 Å². The molecule has 1 saturated heterocycles. The van der Waals surface area contributed by atoms with E-state index in [4.69, 9.17) is 16.0 Å². The molecule has 6 nitrogen and oxygen atoms in total. The first-order valence-electron chi connectivity index (χ1n) is 9.39. The van der Waals surface area contributed by atoms with Crippen molar-refractivity contribution in [2.24, 2.45) is 0 Å². The molecule has 2 fully saturated rings. The van der Waals surface area contributed by atoms with Crippen LogP contribution < -0.4 is 9.47 Å². The van der Waals surface area contributed by atoms with Crippen molar-refractivity contribution in [3.63, 3.8) is 0 Å². The smallest absolute Gasteiger partial charge is 0.387 e. The van der Waals surface area contributed by atoms with E-state index in [1.54, 1.807) is 12.1 Å². The molecule has 1 heterocycles. The first-order chi connectivity index (χ1) is 13.5. The van der Waals surface area contributed by atoms with E-state index in [1.807, 2.05) is 4.90 Å². The molecule has 2 aliphatic rings. The number of rotatable bonds is 7. The van der Waals surface area contributed by atoms with Gasteiger partial charge in [0, 0.05) is 31.5 Å². The zero-order chi connectivity index (χ0) is 20.1. The van der Waals surface area contributed by atoms with Crippen molar-refractivity contribution in [3.8, 4) is 11.5 Å². The molecular formula is C20H24F2N2O4. The highest BCUT2D eigenvalue weighted by molar-refractivity contribution is 5.71. The zero-order valence-electron chi connectivity index (χ0n) is 15.8. The Morgan fingerprint density at radius 1 is 1.32 bits per heavy atom. The van der Waals surface area contributed by atoms with Crippen LogP contribution in [0.15, 0.2) is 18.2 Å². The van der Waals surface area contributed by atoms with Crippen LogP contribution in [0.1, 0.15) is 37.7 Å². The lowest BCUT2D eigenvalue weighted by molar-refractivity contribution is -0.142. The molecule has 1 saturated carbocycles. The van der Waals surface area contributed by atoms with Gasteiger partial charge in [0.1, 0.15) is 0 Å². The van der Waals surface area contributed by atoms with E-state index in [9.17, 15) is 13.6 Å². The average molecular weight is 394 g/mol. The zero-order valence-corrected chi connectivity index (χ0v) is 15.8. The molecule has 0 bridgehead atoms. The lowest BCUT2D eigenvalue weighted by atomic mass is 9.81. The summed E-state index contributed by atoms with van der Waals surface area (Å²) in [6.45, 7) is 6.18. The van der Waals surface area contributed by atoms with Crippen LogP contribution in [-0.4, -0.2) is 50.3 Å². The van der Waals surface area contributed by atoms with Gasteiger partial charge in [-0.1, -0.05) is 0 Å². The number of halogens is 2. The number of carbonyl (C=O) groups is 1. The molecule has 3 rings (SSSR count). The van der Waals surface area contributed by atoms with Gasteiger partial charge in [-0.25, -0.2) is 6.57 Å². The quantitative estimate of drug-likeness (QED) is 0.523. The Morgan fingerprint density at radius 3 is 2.57 bits per heavy atom. The Bertz CT molecular complexity index is 738. The highest BCUT2D eigenvalue weighted by Gasteiger charge is 2.43. The third-order valence-electron chi connectivity index (χ3n) is 5.52. The molecule has 0 N–H and O–H groups in total. The fourth-order valence-electron chi connectivity index (χ4n) is 3.54. The van der Waals surface area contributed by atoms with Crippen molar-refractivity contribution in [1.82, 2.24) is 4.90 Å². The lowest BCUT2D eigenvalue weighted by Crippen LogP contribution is -2.43. The van der Waals surface area contributed by atoms with Gasteiger partial charge in [0.15, 0.2) is 11.5 Å². The van der Waals surface area contributed by atoms with Crippen LogP contribution in [0.25, 0.3) is 4.85 Å². The summed E-state index contributed by atoms with van der Waals surface area (Å²) in [6.07, 6.45) is 3.89. The number of ether oxygens (including phenoxy) is 3. The van der Waals surface area contributed by atoms with Crippen LogP contribution in [0, 0.1) is 6.57 Å². The van der Waals surface area contributed by atoms with E-state index in [-0.39, 0.29) is 30.1 Å². The molecule has 0 aromatic heterocycles. The third kappa shape index (κ3) is 4.53. The summed E-state index contributed by atoms with van der Waals surface area (Å²) in [5, 5.41) is 0. The largest absolute Gasteiger partial charge is 0.487 e. The molecule has 0 radical (unpaired) electrons. The summed E-state index contributed by atoms with van der Waals surface area (Å²) in [5.74, 6) is -0.0450. The number of hydrogen-bond donors (Lipinski definition) is 0. The van der Waals surface area contributed by atoms with E-state index in [1.165, 1.54) is 13.2 Å². The Balaban J connectivity index is 1.79. The SMILES string of the molecule is [C-]#[N+]C1(c2ccc(OC(F)F)c(OC3CCC3)c2)CCN(CC(=O)OC)CC1. The number of methoxy groups -OCH3 is 1. The molecule has 8 heteroatoms. The molecule has 1 aromatic rings. The van der Waals surface area contributed by atoms with Gasteiger partial charge in [0.2, 0.25) is 0 Å². The summed E-state index contributed by atoms with van der Waals surface area (Å²) >= 11 is 0. The maximum absolute atomic E-state index is 12.7. The minimum atomic E-state index is -2.94. The molecule has 28 heavy (non-hydrogen) atoms. The van der Waals surface area contributed by atoms with Gasteiger partial charge in [-0.15, -0.1) is 0 Å². The van der Waals surface area contributed by atoms with E-state index >= 15 is 0 Å². The molecule has 0 amide bonds. The first-order valence-corrected chi connectivity index (χ1v) is 9.39. The Morgan fingerprint density at radius 2 is 2.04 bits per heavy atom. The van der Waals surface area contributed by atoms with Gasteiger partial charge in [0.05, 0.1) is 19.8 Å². The number of nitrogens with zero attached hydrogens (tertiary/aromatic N) is 2. The van der Waals surface area contributed by atoms with E-state index in [0.717, 1.165) is 24.8 Å². The predicted molar refractivity (Wildman–Crippen MR) is 97.3 cm³/mol. The molecule has 1 aliphatic carbocycles. The second-order valence-corrected chi connectivity index (χ2v) is 7.21. The number of piperidine rings is 1. The van der Waals surface area contributed by atoms with Gasteiger partial charge in [-0.05, 0) is 37.5 Å². The lowest BCUT2D eigenvalue weighted by Gasteiger charge is -2.34. The average Bonchev–Trinajstić information content (AvgIpc) is 2.66. The number of likely N-dealkylation sites (tertiary alicyclic amines) is 1. The number of carbonyl (C=O) groups excluding carboxylic acids is 1. The Kier molecular flexibility index (Phi) is 6.35. The highest BCUT2D eigenvalue weighted by atomic mass is 19.3. The minimum Gasteiger partial charge on any atom is -0.487 e. The molecular weight excluding hydrogens is 370 g/mol. The van der Waals surface area contributed by atoms with Crippen molar-refractivity contribution in [2.45, 2.75) is 50.4 Å². The molecule has 1 aliphatic heterocycles. The highest BCUT2D eigenvalue weighted by Crippen LogP contribution is 2.42. The number of hydrogen-bond acceptors (Lipinski definition) is 5. The summed E-state index contributed by atoms with van der Waals surface area (Å²) in [5.41, 5.74) is -0.0376. The standard InChI is InChI=1S/C20H24F2N2O4/c1-23-20(8-10-24(11-9-20)13-18(25)26-2)14-6-7-16(28-19(21)22)17(12-14)27-15-4-3-5-15/h6-7,12,15,19H,3-5,8-11,13H2,2H3. The predicted octanol–water partition coefficient (Wildman–Crippen LogP) is 3.60. The van der Waals surface area contributed by atoms with Gasteiger partial charge in [0.25, 0.3) is 5.54 Å². The van der Waals surface area contributed by atoms with E-state index < -0.39 is 12.2 Å². The van der Waals surface area contributed by atoms with Crippen LogP contribution in [0.3, 0.4) is 0 Å². The number of alkyl halides is 2. The normalized spacial score (nSPS) is 19.5. The molecule has 1 aromatic carbocycles. The molecule has 152 valence electrons. The second kappa shape index (κ2) is 8.74. The summed E-state index contributed by atoms with van der Waals surface area (Å²) in [7, 11) is 1.35. The number of esters is 1. The fourth-order valence-corrected chi connectivity index (χ4v) is 3.54. The minimum absolute atomic E-state index is 0.000987. The second-order valence-electron chi connectivity index (χ2n) is 7.21. The fraction of sp³-hybridized carbons (Fsp3) is 0.600.